The molecule has 1 atom stereocenters. The van der Waals surface area contributed by atoms with Crippen LogP contribution in [0.2, 0.25) is 0 Å². The fourth-order valence-electron chi connectivity index (χ4n) is 1.94. The first-order chi connectivity index (χ1) is 8.31. The van der Waals surface area contributed by atoms with Gasteiger partial charge in [-0.3, -0.25) is 4.21 Å². The van der Waals surface area contributed by atoms with Crippen LogP contribution in [0.3, 0.4) is 0 Å². The normalized spacial score (nSPS) is 12.8. The highest BCUT2D eigenvalue weighted by molar-refractivity contribution is 14.1. The number of halogens is 1. The van der Waals surface area contributed by atoms with E-state index < -0.39 is 10.8 Å². The van der Waals surface area contributed by atoms with Gasteiger partial charge < -0.3 is 0 Å². The molecule has 0 saturated heterocycles. The summed E-state index contributed by atoms with van der Waals surface area (Å²) in [4.78, 5) is 0. The second-order valence-corrected chi connectivity index (χ2v) is 7.49. The van der Waals surface area contributed by atoms with E-state index in [0.717, 1.165) is 15.9 Å². The lowest BCUT2D eigenvalue weighted by molar-refractivity contribution is 0.562. The molecule has 0 fully saturated rings. The van der Waals surface area contributed by atoms with Crippen molar-refractivity contribution in [2.45, 2.75) is 71.1 Å². The third kappa shape index (κ3) is 14.8. The van der Waals surface area contributed by atoms with Crippen LogP contribution in [0.15, 0.2) is 0 Å². The quantitative estimate of drug-likeness (QED) is 0.250. The molecule has 0 aromatic heterocycles. The first-order valence-corrected chi connectivity index (χ1v) is 10.2. The van der Waals surface area contributed by atoms with E-state index in [1.54, 1.807) is 0 Å². The molecule has 0 rings (SSSR count). The zero-order valence-electron chi connectivity index (χ0n) is 11.4. The van der Waals surface area contributed by atoms with Crippen LogP contribution in [-0.4, -0.2) is 20.1 Å². The Morgan fingerprint density at radius 1 is 0.765 bits per heavy atom. The maximum absolute atomic E-state index is 11.4. The minimum Gasteiger partial charge on any atom is -0.260 e. The van der Waals surface area contributed by atoms with Gasteiger partial charge in [-0.1, -0.05) is 87.3 Å². The zero-order chi connectivity index (χ0) is 12.8. The maximum atomic E-state index is 11.4. The molecule has 0 radical (unpaired) electrons. The van der Waals surface area contributed by atoms with Gasteiger partial charge in [0.15, 0.2) is 0 Å². The lowest BCUT2D eigenvalue weighted by atomic mass is 10.1. The smallest absolute Gasteiger partial charge is 0.0324 e. The summed E-state index contributed by atoms with van der Waals surface area (Å²) < 4.78 is 12.4. The molecule has 17 heavy (non-hydrogen) atoms. The van der Waals surface area contributed by atoms with Crippen molar-refractivity contribution < 1.29 is 4.21 Å². The van der Waals surface area contributed by atoms with Crippen molar-refractivity contribution in [2.75, 3.05) is 15.9 Å². The molecular formula is C14H29IOS. The minimum atomic E-state index is -0.540. The Bertz CT molecular complexity index is 174. The average molecular weight is 372 g/mol. The summed E-state index contributed by atoms with van der Waals surface area (Å²) in [5.41, 5.74) is 0. The summed E-state index contributed by atoms with van der Waals surface area (Å²) in [5.74, 6) is 1.82. The molecule has 0 spiro atoms. The highest BCUT2D eigenvalue weighted by Crippen LogP contribution is 2.10. The first-order valence-electron chi connectivity index (χ1n) is 7.22. The molecule has 0 aliphatic rings. The zero-order valence-corrected chi connectivity index (χ0v) is 14.4. The van der Waals surface area contributed by atoms with Gasteiger partial charge in [0.25, 0.3) is 0 Å². The van der Waals surface area contributed by atoms with Gasteiger partial charge >= 0.3 is 0 Å². The summed E-state index contributed by atoms with van der Waals surface area (Å²) in [6.45, 7) is 2.27. The molecule has 0 aliphatic heterocycles. The van der Waals surface area contributed by atoms with Gasteiger partial charge in [-0.05, 0) is 6.42 Å². The highest BCUT2D eigenvalue weighted by Gasteiger charge is 1.98. The van der Waals surface area contributed by atoms with Crippen molar-refractivity contribution in [2.24, 2.45) is 0 Å². The van der Waals surface area contributed by atoms with Gasteiger partial charge in [-0.15, -0.1) is 0 Å². The van der Waals surface area contributed by atoms with Crippen LogP contribution >= 0.6 is 22.6 Å². The van der Waals surface area contributed by atoms with Crippen molar-refractivity contribution >= 4 is 33.4 Å². The molecule has 1 unspecified atom stereocenters. The average Bonchev–Trinajstić information content (AvgIpc) is 2.32. The van der Waals surface area contributed by atoms with Crippen molar-refractivity contribution in [3.05, 3.63) is 0 Å². The monoisotopic (exact) mass is 372 g/mol. The van der Waals surface area contributed by atoms with E-state index in [1.165, 1.54) is 64.2 Å². The molecule has 0 aliphatic carbocycles. The Hall–Kier alpha value is 0.880. The Morgan fingerprint density at radius 3 is 1.71 bits per heavy atom. The van der Waals surface area contributed by atoms with Gasteiger partial charge in [-0.2, -0.15) is 0 Å². The lowest BCUT2D eigenvalue weighted by Crippen LogP contribution is -2.03. The van der Waals surface area contributed by atoms with E-state index in [4.69, 9.17) is 0 Å². The van der Waals surface area contributed by atoms with Crippen molar-refractivity contribution in [1.82, 2.24) is 0 Å². The topological polar surface area (TPSA) is 17.1 Å². The molecule has 0 amide bonds. The third-order valence-corrected chi connectivity index (χ3v) is 5.71. The first kappa shape index (κ1) is 17.9. The molecule has 0 aromatic rings. The Balaban J connectivity index is 3.01. The summed E-state index contributed by atoms with van der Waals surface area (Å²) in [5, 5.41) is 0. The Kier molecular flexibility index (Phi) is 15.7. The second kappa shape index (κ2) is 14.9. The van der Waals surface area contributed by atoms with Crippen LogP contribution in [0.1, 0.15) is 71.1 Å². The number of hydrogen-bond donors (Lipinski definition) is 0. The van der Waals surface area contributed by atoms with Crippen LogP contribution in [-0.2, 0) is 10.8 Å². The predicted octanol–water partition coefficient (Wildman–Crippen LogP) is 5.09. The van der Waals surface area contributed by atoms with Crippen LogP contribution < -0.4 is 0 Å². The van der Waals surface area contributed by atoms with E-state index in [1.807, 2.05) is 0 Å². The van der Waals surface area contributed by atoms with Crippen LogP contribution in [0.4, 0.5) is 0 Å². The third-order valence-electron chi connectivity index (χ3n) is 3.03. The summed E-state index contributed by atoms with van der Waals surface area (Å²) in [6.07, 6.45) is 13.6. The summed E-state index contributed by atoms with van der Waals surface area (Å²) in [6, 6.07) is 0. The number of rotatable bonds is 13. The fraction of sp³-hybridized carbons (Fsp3) is 1.00. The molecular weight excluding hydrogens is 343 g/mol. The molecule has 0 bridgehead atoms. The fourth-order valence-corrected chi connectivity index (χ4v) is 4.31. The number of hydrogen-bond acceptors (Lipinski definition) is 1. The number of alkyl halides is 1. The summed E-state index contributed by atoms with van der Waals surface area (Å²) in [7, 11) is -0.540. The van der Waals surface area contributed by atoms with E-state index in [0.29, 0.717) is 0 Å². The largest absolute Gasteiger partial charge is 0.260 e. The molecule has 104 valence electrons. The predicted molar refractivity (Wildman–Crippen MR) is 88.6 cm³/mol. The summed E-state index contributed by atoms with van der Waals surface area (Å²) >= 11 is 2.30. The maximum Gasteiger partial charge on any atom is 0.0324 e. The van der Waals surface area contributed by atoms with Crippen LogP contribution in [0, 0.1) is 0 Å². The molecule has 3 heteroatoms. The van der Waals surface area contributed by atoms with Crippen molar-refractivity contribution in [3.63, 3.8) is 0 Å². The molecule has 0 saturated carbocycles. The Labute approximate surface area is 124 Å². The minimum absolute atomic E-state index is 0.540. The highest BCUT2D eigenvalue weighted by atomic mass is 127. The van der Waals surface area contributed by atoms with Gasteiger partial charge in [0.05, 0.1) is 0 Å². The SMILES string of the molecule is CCCCCCCCCCCCS(=O)CCI. The molecule has 1 nitrogen and oxygen atoms in total. The van der Waals surface area contributed by atoms with E-state index in [-0.39, 0.29) is 0 Å². The molecule has 0 heterocycles. The standard InChI is InChI=1S/C14H29IOS/c1-2-3-4-5-6-7-8-9-10-11-13-17(16)14-12-15/h2-14H2,1H3. The van der Waals surface area contributed by atoms with E-state index in [9.17, 15) is 4.21 Å². The Morgan fingerprint density at radius 2 is 1.24 bits per heavy atom. The van der Waals surface area contributed by atoms with Gasteiger partial charge in [0.2, 0.25) is 0 Å². The van der Waals surface area contributed by atoms with E-state index >= 15 is 0 Å². The molecule has 0 aromatic carbocycles. The van der Waals surface area contributed by atoms with Crippen LogP contribution in [0.25, 0.3) is 0 Å². The van der Waals surface area contributed by atoms with Crippen LogP contribution in [0.5, 0.6) is 0 Å². The van der Waals surface area contributed by atoms with Crippen molar-refractivity contribution in [3.8, 4) is 0 Å². The lowest BCUT2D eigenvalue weighted by Gasteiger charge is -2.02. The van der Waals surface area contributed by atoms with E-state index in [2.05, 4.69) is 29.5 Å². The molecule has 0 N–H and O–H groups in total. The number of unbranched alkanes of at least 4 members (excludes halogenated alkanes) is 9. The van der Waals surface area contributed by atoms with Gasteiger partial charge in [-0.25, -0.2) is 0 Å². The van der Waals surface area contributed by atoms with Gasteiger partial charge in [0.1, 0.15) is 0 Å². The van der Waals surface area contributed by atoms with Gasteiger partial charge in [0, 0.05) is 26.7 Å². The van der Waals surface area contributed by atoms with Crippen molar-refractivity contribution in [1.29, 1.82) is 0 Å². The second-order valence-electron chi connectivity index (χ2n) is 4.72.